The first-order valence-electron chi connectivity index (χ1n) is 6.37. The fraction of sp³-hybridized carbons (Fsp3) is 0.429. The van der Waals surface area contributed by atoms with Crippen molar-refractivity contribution >= 4 is 11.8 Å². The van der Waals surface area contributed by atoms with Gasteiger partial charge in [-0.25, -0.2) is 0 Å². The van der Waals surface area contributed by atoms with Gasteiger partial charge in [0, 0.05) is 0 Å². The Hall–Kier alpha value is -1.49. The summed E-state index contributed by atoms with van der Waals surface area (Å²) in [6, 6.07) is 8.08. The molecule has 4 nitrogen and oxygen atoms in total. The van der Waals surface area contributed by atoms with Crippen molar-refractivity contribution in [1.82, 2.24) is 10.2 Å². The van der Waals surface area contributed by atoms with E-state index in [9.17, 15) is 0 Å². The lowest BCUT2D eigenvalue weighted by Gasteiger charge is -2.07. The molecule has 0 radical (unpaired) electrons. The zero-order chi connectivity index (χ0) is 13.7. The number of hydrogen-bond acceptors (Lipinski definition) is 5. The Morgan fingerprint density at radius 1 is 1.21 bits per heavy atom. The Morgan fingerprint density at radius 3 is 2.58 bits per heavy atom. The number of nitrogens with zero attached hydrogens (tertiary/aromatic N) is 2. The van der Waals surface area contributed by atoms with Gasteiger partial charge < -0.3 is 9.15 Å². The molecule has 2 aromatic rings. The molecule has 0 saturated carbocycles. The van der Waals surface area contributed by atoms with Gasteiger partial charge in [-0.3, -0.25) is 0 Å². The number of hydrogen-bond donors (Lipinski definition) is 0. The molecule has 1 aromatic carbocycles. The molecular formula is C14H18N2O2S. The van der Waals surface area contributed by atoms with Crippen molar-refractivity contribution in [3.8, 4) is 5.75 Å². The predicted molar refractivity (Wildman–Crippen MR) is 75.6 cm³/mol. The largest absolute Gasteiger partial charge is 0.484 e. The normalized spacial score (nSPS) is 10.9. The van der Waals surface area contributed by atoms with Crippen LogP contribution in [0.15, 0.2) is 33.9 Å². The Morgan fingerprint density at radius 2 is 1.95 bits per heavy atom. The van der Waals surface area contributed by atoms with E-state index in [1.165, 1.54) is 17.3 Å². The summed E-state index contributed by atoms with van der Waals surface area (Å²) in [5.41, 5.74) is 1.30. The lowest BCUT2D eigenvalue weighted by atomic mass is 10.0. The quantitative estimate of drug-likeness (QED) is 0.750. The fourth-order valence-electron chi connectivity index (χ4n) is 1.57. The zero-order valence-corrected chi connectivity index (χ0v) is 12.2. The Labute approximate surface area is 117 Å². The SMILES string of the molecule is CCSc1nnc(COc2ccc(C(C)C)cc2)o1. The van der Waals surface area contributed by atoms with Crippen LogP contribution in [0.25, 0.3) is 0 Å². The summed E-state index contributed by atoms with van der Waals surface area (Å²) in [6.45, 7) is 6.68. The second-order valence-electron chi connectivity index (χ2n) is 4.41. The molecule has 0 spiro atoms. The molecule has 0 unspecified atom stereocenters. The van der Waals surface area contributed by atoms with Gasteiger partial charge in [0.1, 0.15) is 5.75 Å². The highest BCUT2D eigenvalue weighted by atomic mass is 32.2. The number of rotatable bonds is 6. The van der Waals surface area contributed by atoms with Crippen LogP contribution in [-0.4, -0.2) is 16.0 Å². The summed E-state index contributed by atoms with van der Waals surface area (Å²) in [6.07, 6.45) is 0. The Kier molecular flexibility index (Phi) is 4.85. The van der Waals surface area contributed by atoms with Gasteiger partial charge in [-0.15, -0.1) is 10.2 Å². The highest BCUT2D eigenvalue weighted by molar-refractivity contribution is 7.99. The van der Waals surface area contributed by atoms with E-state index in [0.29, 0.717) is 23.6 Å². The molecule has 0 aliphatic carbocycles. The zero-order valence-electron chi connectivity index (χ0n) is 11.4. The fourth-order valence-corrected chi connectivity index (χ4v) is 2.07. The third-order valence-corrected chi connectivity index (χ3v) is 3.33. The van der Waals surface area contributed by atoms with Crippen LogP contribution in [0.3, 0.4) is 0 Å². The van der Waals surface area contributed by atoms with Gasteiger partial charge in [0.15, 0.2) is 6.61 Å². The van der Waals surface area contributed by atoms with Crippen LogP contribution < -0.4 is 4.74 Å². The second-order valence-corrected chi connectivity index (χ2v) is 5.62. The molecule has 2 rings (SSSR count). The lowest BCUT2D eigenvalue weighted by molar-refractivity contribution is 0.252. The van der Waals surface area contributed by atoms with Crippen LogP contribution in [0.2, 0.25) is 0 Å². The first-order chi connectivity index (χ1) is 9.19. The molecule has 1 heterocycles. The van der Waals surface area contributed by atoms with E-state index in [1.54, 1.807) is 0 Å². The van der Waals surface area contributed by atoms with E-state index in [4.69, 9.17) is 9.15 Å². The topological polar surface area (TPSA) is 48.2 Å². The molecule has 0 fully saturated rings. The van der Waals surface area contributed by atoms with E-state index in [0.717, 1.165) is 11.5 Å². The van der Waals surface area contributed by atoms with Crippen LogP contribution >= 0.6 is 11.8 Å². The van der Waals surface area contributed by atoms with Crippen molar-refractivity contribution in [3.63, 3.8) is 0 Å². The van der Waals surface area contributed by atoms with E-state index < -0.39 is 0 Å². The minimum atomic E-state index is 0.304. The third kappa shape index (κ3) is 3.99. The van der Waals surface area contributed by atoms with Crippen molar-refractivity contribution in [1.29, 1.82) is 0 Å². The molecule has 0 N–H and O–H groups in total. The van der Waals surface area contributed by atoms with Crippen LogP contribution in [0.4, 0.5) is 0 Å². The average Bonchev–Trinajstić information content (AvgIpc) is 2.85. The first kappa shape index (κ1) is 13.9. The maximum Gasteiger partial charge on any atom is 0.276 e. The molecule has 0 bridgehead atoms. The minimum absolute atomic E-state index is 0.304. The van der Waals surface area contributed by atoms with Crippen LogP contribution in [-0.2, 0) is 6.61 Å². The van der Waals surface area contributed by atoms with E-state index >= 15 is 0 Å². The van der Waals surface area contributed by atoms with Gasteiger partial charge >= 0.3 is 0 Å². The molecule has 0 amide bonds. The van der Waals surface area contributed by atoms with Crippen LogP contribution in [0.1, 0.15) is 38.1 Å². The van der Waals surface area contributed by atoms with E-state index in [1.807, 2.05) is 19.1 Å². The van der Waals surface area contributed by atoms with Crippen molar-refractivity contribution in [2.45, 2.75) is 38.5 Å². The van der Waals surface area contributed by atoms with E-state index in [2.05, 4.69) is 36.2 Å². The summed E-state index contributed by atoms with van der Waals surface area (Å²) in [5, 5.41) is 8.45. The van der Waals surface area contributed by atoms with Crippen molar-refractivity contribution in [2.75, 3.05) is 5.75 Å². The smallest absolute Gasteiger partial charge is 0.276 e. The average molecular weight is 278 g/mol. The molecular weight excluding hydrogens is 260 g/mol. The molecule has 102 valence electrons. The highest BCUT2D eigenvalue weighted by Crippen LogP contribution is 2.20. The summed E-state index contributed by atoms with van der Waals surface area (Å²) >= 11 is 1.53. The number of benzene rings is 1. The number of ether oxygens (including phenoxy) is 1. The highest BCUT2D eigenvalue weighted by Gasteiger charge is 2.06. The van der Waals surface area contributed by atoms with Gasteiger partial charge in [-0.1, -0.05) is 44.7 Å². The van der Waals surface area contributed by atoms with Crippen molar-refractivity contribution < 1.29 is 9.15 Å². The van der Waals surface area contributed by atoms with E-state index in [-0.39, 0.29) is 0 Å². The maximum atomic E-state index is 5.61. The third-order valence-electron chi connectivity index (χ3n) is 2.63. The molecule has 0 atom stereocenters. The standard InChI is InChI=1S/C14H18N2O2S/c1-4-19-14-16-15-13(18-14)9-17-12-7-5-11(6-8-12)10(2)3/h5-8,10H,4,9H2,1-3H3. The van der Waals surface area contributed by atoms with Gasteiger partial charge in [0.2, 0.25) is 0 Å². The summed E-state index contributed by atoms with van der Waals surface area (Å²) in [5.74, 6) is 2.76. The summed E-state index contributed by atoms with van der Waals surface area (Å²) < 4.78 is 11.0. The molecule has 0 aliphatic rings. The van der Waals surface area contributed by atoms with Gasteiger partial charge in [0.25, 0.3) is 11.1 Å². The van der Waals surface area contributed by atoms with Crippen LogP contribution in [0.5, 0.6) is 5.75 Å². The Balaban J connectivity index is 1.90. The molecule has 5 heteroatoms. The monoisotopic (exact) mass is 278 g/mol. The molecule has 0 saturated heterocycles. The van der Waals surface area contributed by atoms with Crippen molar-refractivity contribution in [3.05, 3.63) is 35.7 Å². The molecule has 0 aliphatic heterocycles. The number of aromatic nitrogens is 2. The summed E-state index contributed by atoms with van der Waals surface area (Å²) in [7, 11) is 0. The number of thioether (sulfide) groups is 1. The lowest BCUT2D eigenvalue weighted by Crippen LogP contribution is -1.96. The van der Waals surface area contributed by atoms with Crippen LogP contribution in [0, 0.1) is 0 Å². The Bertz CT molecular complexity index is 508. The van der Waals surface area contributed by atoms with Crippen molar-refractivity contribution in [2.24, 2.45) is 0 Å². The predicted octanol–water partition coefficient (Wildman–Crippen LogP) is 3.88. The second kappa shape index (κ2) is 6.61. The minimum Gasteiger partial charge on any atom is -0.484 e. The molecule has 1 aromatic heterocycles. The molecule has 19 heavy (non-hydrogen) atoms. The first-order valence-corrected chi connectivity index (χ1v) is 7.35. The van der Waals surface area contributed by atoms with Gasteiger partial charge in [0.05, 0.1) is 0 Å². The summed E-state index contributed by atoms with van der Waals surface area (Å²) in [4.78, 5) is 0. The maximum absolute atomic E-state index is 5.61. The van der Waals surface area contributed by atoms with Gasteiger partial charge in [-0.05, 0) is 29.4 Å². The van der Waals surface area contributed by atoms with Gasteiger partial charge in [-0.2, -0.15) is 0 Å².